The molecule has 1 N–H and O–H groups in total. The summed E-state index contributed by atoms with van der Waals surface area (Å²) in [5, 5.41) is 4.86. The Bertz CT molecular complexity index is 436. The molecule has 0 saturated heterocycles. The minimum atomic E-state index is 0.492. The summed E-state index contributed by atoms with van der Waals surface area (Å²) in [6.45, 7) is 10.7. The van der Waals surface area contributed by atoms with Gasteiger partial charge in [0.2, 0.25) is 0 Å². The second kappa shape index (κ2) is 7.94. The summed E-state index contributed by atoms with van der Waals surface area (Å²) in [6.07, 6.45) is 2.16. The first-order valence-corrected chi connectivity index (χ1v) is 7.52. The SMILES string of the molecule is CC(C)CNCC(=Cc1ccc(Cl)cc1Cl)C(C)C. The average molecular weight is 300 g/mol. The summed E-state index contributed by atoms with van der Waals surface area (Å²) in [5.74, 6) is 1.15. The van der Waals surface area contributed by atoms with Gasteiger partial charge in [-0.3, -0.25) is 0 Å². The van der Waals surface area contributed by atoms with Crippen molar-refractivity contribution < 1.29 is 0 Å². The van der Waals surface area contributed by atoms with Crippen molar-refractivity contribution in [3.05, 3.63) is 39.4 Å². The van der Waals surface area contributed by atoms with Crippen LogP contribution in [-0.4, -0.2) is 13.1 Å². The number of nitrogens with one attached hydrogen (secondary N) is 1. The average Bonchev–Trinajstić information content (AvgIpc) is 2.30. The van der Waals surface area contributed by atoms with Gasteiger partial charge in [0.05, 0.1) is 0 Å². The smallest absolute Gasteiger partial charge is 0.0493 e. The van der Waals surface area contributed by atoms with Crippen LogP contribution in [-0.2, 0) is 0 Å². The highest BCUT2D eigenvalue weighted by Gasteiger charge is 2.06. The van der Waals surface area contributed by atoms with Crippen LogP contribution < -0.4 is 5.32 Å². The highest BCUT2D eigenvalue weighted by molar-refractivity contribution is 6.35. The first kappa shape index (κ1) is 16.6. The third kappa shape index (κ3) is 5.99. The molecule has 106 valence electrons. The van der Waals surface area contributed by atoms with E-state index in [4.69, 9.17) is 23.2 Å². The van der Waals surface area contributed by atoms with Gasteiger partial charge in [-0.05, 0) is 36.1 Å². The molecule has 0 aliphatic heterocycles. The van der Waals surface area contributed by atoms with Crippen molar-refractivity contribution in [2.45, 2.75) is 27.7 Å². The van der Waals surface area contributed by atoms with Gasteiger partial charge in [-0.1, -0.05) is 68.6 Å². The Hall–Kier alpha value is -0.500. The molecule has 1 aromatic carbocycles. The third-order valence-electron chi connectivity index (χ3n) is 2.93. The van der Waals surface area contributed by atoms with Crippen molar-refractivity contribution in [3.63, 3.8) is 0 Å². The fraction of sp³-hybridized carbons (Fsp3) is 0.500. The van der Waals surface area contributed by atoms with E-state index in [2.05, 4.69) is 39.1 Å². The fourth-order valence-corrected chi connectivity index (χ4v) is 2.21. The number of hydrogen-bond donors (Lipinski definition) is 1. The molecule has 0 amide bonds. The van der Waals surface area contributed by atoms with E-state index in [1.54, 1.807) is 6.07 Å². The summed E-state index contributed by atoms with van der Waals surface area (Å²) >= 11 is 12.1. The minimum Gasteiger partial charge on any atom is -0.313 e. The molecule has 0 atom stereocenters. The zero-order valence-electron chi connectivity index (χ0n) is 12.1. The Balaban J connectivity index is 2.82. The highest BCUT2D eigenvalue weighted by Crippen LogP contribution is 2.24. The first-order valence-electron chi connectivity index (χ1n) is 6.76. The quantitative estimate of drug-likeness (QED) is 0.754. The van der Waals surface area contributed by atoms with E-state index in [1.807, 2.05) is 12.1 Å². The van der Waals surface area contributed by atoms with E-state index in [-0.39, 0.29) is 0 Å². The van der Waals surface area contributed by atoms with Crippen LogP contribution in [0.3, 0.4) is 0 Å². The summed E-state index contributed by atoms with van der Waals surface area (Å²) in [4.78, 5) is 0. The van der Waals surface area contributed by atoms with Gasteiger partial charge < -0.3 is 5.32 Å². The van der Waals surface area contributed by atoms with Crippen LogP contribution in [0.25, 0.3) is 6.08 Å². The van der Waals surface area contributed by atoms with Crippen LogP contribution in [0.2, 0.25) is 10.0 Å². The van der Waals surface area contributed by atoms with E-state index >= 15 is 0 Å². The van der Waals surface area contributed by atoms with E-state index in [1.165, 1.54) is 5.57 Å². The van der Waals surface area contributed by atoms with Crippen molar-refractivity contribution in [1.82, 2.24) is 5.32 Å². The molecule has 0 unspecified atom stereocenters. The summed E-state index contributed by atoms with van der Waals surface area (Å²) in [7, 11) is 0. The Morgan fingerprint density at radius 1 is 1.21 bits per heavy atom. The molecule has 1 nitrogen and oxygen atoms in total. The normalized spacial score (nSPS) is 12.5. The van der Waals surface area contributed by atoms with E-state index in [0.29, 0.717) is 21.9 Å². The predicted octanol–water partition coefficient (Wildman–Crippen LogP) is 5.28. The lowest BCUT2D eigenvalue weighted by atomic mass is 10.00. The summed E-state index contributed by atoms with van der Waals surface area (Å²) in [6, 6.07) is 5.63. The fourth-order valence-electron chi connectivity index (χ4n) is 1.75. The maximum Gasteiger partial charge on any atom is 0.0493 e. The lowest BCUT2D eigenvalue weighted by molar-refractivity contribution is 0.558. The van der Waals surface area contributed by atoms with Gasteiger partial charge in [-0.2, -0.15) is 0 Å². The van der Waals surface area contributed by atoms with Gasteiger partial charge in [0.1, 0.15) is 0 Å². The van der Waals surface area contributed by atoms with E-state index < -0.39 is 0 Å². The highest BCUT2D eigenvalue weighted by atomic mass is 35.5. The molecule has 0 bridgehead atoms. The summed E-state index contributed by atoms with van der Waals surface area (Å²) in [5.41, 5.74) is 2.38. The van der Waals surface area contributed by atoms with Crippen LogP contribution in [0.15, 0.2) is 23.8 Å². The number of rotatable bonds is 6. The van der Waals surface area contributed by atoms with Crippen molar-refractivity contribution in [2.75, 3.05) is 13.1 Å². The molecule has 0 radical (unpaired) electrons. The molecule has 0 spiro atoms. The summed E-state index contributed by atoms with van der Waals surface area (Å²) < 4.78 is 0. The van der Waals surface area contributed by atoms with Crippen molar-refractivity contribution in [2.24, 2.45) is 11.8 Å². The zero-order valence-corrected chi connectivity index (χ0v) is 13.6. The van der Waals surface area contributed by atoms with Crippen LogP contribution in [0.5, 0.6) is 0 Å². The molecular weight excluding hydrogens is 277 g/mol. The Labute approximate surface area is 127 Å². The Kier molecular flexibility index (Phi) is 6.92. The molecule has 0 fully saturated rings. The number of hydrogen-bond acceptors (Lipinski definition) is 1. The lowest BCUT2D eigenvalue weighted by Gasteiger charge is -2.14. The molecule has 0 aromatic heterocycles. The largest absolute Gasteiger partial charge is 0.313 e. The monoisotopic (exact) mass is 299 g/mol. The second-order valence-electron chi connectivity index (χ2n) is 5.56. The van der Waals surface area contributed by atoms with Gasteiger partial charge in [-0.15, -0.1) is 0 Å². The predicted molar refractivity (Wildman–Crippen MR) is 87.0 cm³/mol. The molecular formula is C16H23Cl2N. The molecule has 0 aliphatic carbocycles. The maximum absolute atomic E-state index is 6.21. The number of halogens is 2. The van der Waals surface area contributed by atoms with Gasteiger partial charge in [0.25, 0.3) is 0 Å². The molecule has 1 rings (SSSR count). The minimum absolute atomic E-state index is 0.492. The Morgan fingerprint density at radius 2 is 1.89 bits per heavy atom. The van der Waals surface area contributed by atoms with Crippen molar-refractivity contribution >= 4 is 29.3 Å². The van der Waals surface area contributed by atoms with Crippen LogP contribution in [0.4, 0.5) is 0 Å². The van der Waals surface area contributed by atoms with Gasteiger partial charge in [-0.25, -0.2) is 0 Å². The molecule has 0 heterocycles. The van der Waals surface area contributed by atoms with Gasteiger partial charge in [0, 0.05) is 16.6 Å². The van der Waals surface area contributed by atoms with E-state index in [9.17, 15) is 0 Å². The van der Waals surface area contributed by atoms with Gasteiger partial charge >= 0.3 is 0 Å². The second-order valence-corrected chi connectivity index (χ2v) is 6.41. The first-order chi connectivity index (χ1) is 8.90. The topological polar surface area (TPSA) is 12.0 Å². The lowest BCUT2D eigenvalue weighted by Crippen LogP contribution is -2.23. The van der Waals surface area contributed by atoms with Crippen molar-refractivity contribution in [3.8, 4) is 0 Å². The standard InChI is InChI=1S/C16H23Cl2N/c1-11(2)9-19-10-14(12(3)4)7-13-5-6-15(17)8-16(13)18/h5-8,11-12,19H,9-10H2,1-4H3. The van der Waals surface area contributed by atoms with E-state index in [0.717, 1.165) is 18.7 Å². The van der Waals surface area contributed by atoms with Gasteiger partial charge in [0.15, 0.2) is 0 Å². The Morgan fingerprint density at radius 3 is 2.42 bits per heavy atom. The van der Waals surface area contributed by atoms with Crippen molar-refractivity contribution in [1.29, 1.82) is 0 Å². The molecule has 1 aromatic rings. The molecule has 0 aliphatic rings. The van der Waals surface area contributed by atoms with Crippen LogP contribution in [0.1, 0.15) is 33.3 Å². The van der Waals surface area contributed by atoms with Crippen LogP contribution in [0, 0.1) is 11.8 Å². The number of benzene rings is 1. The molecule has 3 heteroatoms. The molecule has 0 saturated carbocycles. The third-order valence-corrected chi connectivity index (χ3v) is 3.49. The maximum atomic E-state index is 6.21. The molecule has 19 heavy (non-hydrogen) atoms. The van der Waals surface area contributed by atoms with Crippen LogP contribution >= 0.6 is 23.2 Å². The zero-order chi connectivity index (χ0) is 14.4.